The number of hydrogen-bond acceptors (Lipinski definition) is 2. The fourth-order valence-electron chi connectivity index (χ4n) is 6.47. The SMILES string of the molecule is COc1cccc(C23CCN(CC4CC4)CC2Cc2c(n(C)c4c(Br)cccc24)C3)c1. The molecule has 0 spiro atoms. The summed E-state index contributed by atoms with van der Waals surface area (Å²) in [4.78, 5) is 2.77. The van der Waals surface area contributed by atoms with Crippen LogP contribution in [-0.4, -0.2) is 36.2 Å². The van der Waals surface area contributed by atoms with E-state index in [2.05, 4.69) is 74.9 Å². The van der Waals surface area contributed by atoms with E-state index in [1.54, 1.807) is 12.7 Å². The lowest BCUT2D eigenvalue weighted by Gasteiger charge is -2.51. The zero-order valence-electron chi connectivity index (χ0n) is 18.5. The Morgan fingerprint density at radius 1 is 1.16 bits per heavy atom. The normalized spacial score (nSPS) is 26.0. The monoisotopic (exact) mass is 478 g/mol. The van der Waals surface area contributed by atoms with E-state index in [9.17, 15) is 0 Å². The van der Waals surface area contributed by atoms with Crippen molar-refractivity contribution in [1.82, 2.24) is 9.47 Å². The molecule has 2 atom stereocenters. The van der Waals surface area contributed by atoms with Crippen LogP contribution < -0.4 is 4.74 Å². The van der Waals surface area contributed by atoms with Gasteiger partial charge in [-0.3, -0.25) is 0 Å². The molecule has 31 heavy (non-hydrogen) atoms. The molecule has 1 saturated heterocycles. The lowest BCUT2D eigenvalue weighted by molar-refractivity contribution is 0.0775. The fourth-order valence-corrected chi connectivity index (χ4v) is 7.10. The van der Waals surface area contributed by atoms with E-state index in [1.165, 1.54) is 72.0 Å². The molecule has 1 aromatic heterocycles. The summed E-state index contributed by atoms with van der Waals surface area (Å²) >= 11 is 3.83. The molecule has 0 N–H and O–H groups in total. The van der Waals surface area contributed by atoms with E-state index in [1.807, 2.05) is 0 Å². The van der Waals surface area contributed by atoms with Gasteiger partial charge < -0.3 is 14.2 Å². The highest BCUT2D eigenvalue weighted by Gasteiger charge is 2.49. The van der Waals surface area contributed by atoms with Gasteiger partial charge >= 0.3 is 0 Å². The maximum Gasteiger partial charge on any atom is 0.119 e. The molecule has 3 aliphatic rings. The lowest BCUT2D eigenvalue weighted by Crippen LogP contribution is -2.54. The van der Waals surface area contributed by atoms with E-state index >= 15 is 0 Å². The first-order chi connectivity index (χ1) is 15.1. The number of ether oxygens (including phenoxy) is 1. The van der Waals surface area contributed by atoms with Crippen LogP contribution in [0.4, 0.5) is 0 Å². The van der Waals surface area contributed by atoms with Crippen molar-refractivity contribution in [3.63, 3.8) is 0 Å². The highest BCUT2D eigenvalue weighted by molar-refractivity contribution is 9.10. The van der Waals surface area contributed by atoms with Crippen LogP contribution in [0.25, 0.3) is 10.9 Å². The molecular formula is C27H31BrN2O. The fraction of sp³-hybridized carbons (Fsp3) is 0.481. The third-order valence-electron chi connectivity index (χ3n) is 8.33. The molecule has 162 valence electrons. The van der Waals surface area contributed by atoms with Gasteiger partial charge in [-0.25, -0.2) is 0 Å². The number of nitrogens with zero attached hydrogens (tertiary/aromatic N) is 2. The molecule has 0 radical (unpaired) electrons. The van der Waals surface area contributed by atoms with E-state index in [0.717, 1.165) is 18.1 Å². The van der Waals surface area contributed by atoms with Gasteiger partial charge in [0.15, 0.2) is 0 Å². The van der Waals surface area contributed by atoms with Gasteiger partial charge in [-0.05, 0) is 95.7 Å². The molecule has 2 heterocycles. The van der Waals surface area contributed by atoms with Crippen LogP contribution in [0, 0.1) is 11.8 Å². The summed E-state index contributed by atoms with van der Waals surface area (Å²) in [6.07, 6.45) is 6.39. The first-order valence-corrected chi connectivity index (χ1v) is 12.5. The number of fused-ring (bicyclic) bond motifs is 4. The van der Waals surface area contributed by atoms with E-state index in [4.69, 9.17) is 4.74 Å². The van der Waals surface area contributed by atoms with E-state index in [-0.39, 0.29) is 5.41 Å². The van der Waals surface area contributed by atoms with Crippen molar-refractivity contribution >= 4 is 26.8 Å². The van der Waals surface area contributed by atoms with Gasteiger partial charge in [-0.15, -0.1) is 0 Å². The van der Waals surface area contributed by atoms with Gasteiger partial charge in [0.25, 0.3) is 0 Å². The van der Waals surface area contributed by atoms with Crippen molar-refractivity contribution in [3.8, 4) is 5.75 Å². The highest BCUT2D eigenvalue weighted by atomic mass is 79.9. The predicted octanol–water partition coefficient (Wildman–Crippen LogP) is 5.72. The van der Waals surface area contributed by atoms with Crippen molar-refractivity contribution < 1.29 is 4.74 Å². The number of aromatic nitrogens is 1. The summed E-state index contributed by atoms with van der Waals surface area (Å²) in [5.41, 5.74) is 6.11. The largest absolute Gasteiger partial charge is 0.497 e. The average Bonchev–Trinajstić information content (AvgIpc) is 3.57. The second kappa shape index (κ2) is 7.38. The summed E-state index contributed by atoms with van der Waals surface area (Å²) in [6, 6.07) is 15.6. The number of hydrogen-bond donors (Lipinski definition) is 0. The van der Waals surface area contributed by atoms with Gasteiger partial charge in [0.05, 0.1) is 12.6 Å². The molecular weight excluding hydrogens is 448 g/mol. The molecule has 3 nitrogen and oxygen atoms in total. The predicted molar refractivity (Wildman–Crippen MR) is 130 cm³/mol. The number of methoxy groups -OCH3 is 1. The van der Waals surface area contributed by atoms with Crippen molar-refractivity contribution in [2.45, 2.75) is 37.5 Å². The molecule has 6 rings (SSSR count). The van der Waals surface area contributed by atoms with E-state index < -0.39 is 0 Å². The van der Waals surface area contributed by atoms with Crippen LogP contribution in [-0.2, 0) is 25.3 Å². The number of piperidine rings is 1. The van der Waals surface area contributed by atoms with Crippen LogP contribution in [0.1, 0.15) is 36.1 Å². The third-order valence-corrected chi connectivity index (χ3v) is 8.97. The Labute approximate surface area is 193 Å². The van der Waals surface area contributed by atoms with Crippen molar-refractivity contribution in [2.24, 2.45) is 18.9 Å². The molecule has 2 aromatic carbocycles. The minimum Gasteiger partial charge on any atom is -0.497 e. The summed E-state index contributed by atoms with van der Waals surface area (Å²) in [7, 11) is 4.04. The van der Waals surface area contributed by atoms with Crippen LogP contribution in [0.2, 0.25) is 0 Å². The zero-order chi connectivity index (χ0) is 21.2. The molecule has 4 heteroatoms. The van der Waals surface area contributed by atoms with Crippen LogP contribution >= 0.6 is 15.9 Å². The number of rotatable bonds is 4. The molecule has 2 fully saturated rings. The Balaban J connectivity index is 1.48. The van der Waals surface area contributed by atoms with E-state index in [0.29, 0.717) is 5.92 Å². The van der Waals surface area contributed by atoms with Gasteiger partial charge in [-0.1, -0.05) is 24.3 Å². The Hall–Kier alpha value is -1.78. The maximum atomic E-state index is 5.64. The summed E-state index contributed by atoms with van der Waals surface area (Å²) in [5, 5.41) is 1.44. The van der Waals surface area contributed by atoms with Crippen molar-refractivity contribution in [1.29, 1.82) is 0 Å². The van der Waals surface area contributed by atoms with Gasteiger partial charge in [-0.2, -0.15) is 0 Å². The van der Waals surface area contributed by atoms with Crippen molar-refractivity contribution in [2.75, 3.05) is 26.7 Å². The Morgan fingerprint density at radius 3 is 2.81 bits per heavy atom. The number of aryl methyl sites for hydroxylation is 1. The maximum absolute atomic E-state index is 5.64. The number of likely N-dealkylation sites (tertiary alicyclic amines) is 1. The molecule has 0 bridgehead atoms. The zero-order valence-corrected chi connectivity index (χ0v) is 20.1. The summed E-state index contributed by atoms with van der Waals surface area (Å²) < 4.78 is 9.31. The average molecular weight is 479 g/mol. The molecule has 1 saturated carbocycles. The van der Waals surface area contributed by atoms with Gasteiger partial charge in [0.2, 0.25) is 0 Å². The quantitative estimate of drug-likeness (QED) is 0.477. The minimum absolute atomic E-state index is 0.191. The Bertz CT molecular complexity index is 1150. The molecule has 1 aliphatic heterocycles. The van der Waals surface area contributed by atoms with Gasteiger partial charge in [0.1, 0.15) is 5.75 Å². The van der Waals surface area contributed by atoms with Crippen LogP contribution in [0.15, 0.2) is 46.9 Å². The smallest absolute Gasteiger partial charge is 0.119 e. The summed E-state index contributed by atoms with van der Waals surface area (Å²) in [5.74, 6) is 2.58. The Morgan fingerprint density at radius 2 is 2.00 bits per heavy atom. The highest BCUT2D eigenvalue weighted by Crippen LogP contribution is 2.51. The van der Waals surface area contributed by atoms with Crippen LogP contribution in [0.5, 0.6) is 5.75 Å². The summed E-state index contributed by atoms with van der Waals surface area (Å²) in [6.45, 7) is 3.74. The number of para-hydroxylation sites is 1. The standard InChI is InChI=1S/C27H31BrN2O/c1-29-25-15-27(19-5-3-6-21(13-19)31-2)11-12-30(16-18-9-10-18)17-20(27)14-23(25)22-7-4-8-24(28)26(22)29/h3-8,13,18,20H,9-12,14-17H2,1-2H3. The Kier molecular flexibility index (Phi) is 4.73. The first-order valence-electron chi connectivity index (χ1n) is 11.7. The third kappa shape index (κ3) is 3.17. The molecule has 3 aromatic rings. The minimum atomic E-state index is 0.191. The molecule has 2 aliphatic carbocycles. The van der Waals surface area contributed by atoms with Crippen LogP contribution in [0.3, 0.4) is 0 Å². The van der Waals surface area contributed by atoms with Gasteiger partial charge in [0, 0.05) is 41.1 Å². The first kappa shape index (κ1) is 19.9. The second-order valence-electron chi connectivity index (χ2n) is 10.0. The molecule has 0 amide bonds. The topological polar surface area (TPSA) is 17.4 Å². The molecule has 2 unspecified atom stereocenters. The van der Waals surface area contributed by atoms with Crippen molar-refractivity contribution in [3.05, 3.63) is 63.8 Å². The number of halogens is 1. The lowest BCUT2D eigenvalue weighted by atomic mass is 9.58. The second-order valence-corrected chi connectivity index (χ2v) is 10.9. The number of benzene rings is 2.